The predicted molar refractivity (Wildman–Crippen MR) is 139 cm³/mol. The van der Waals surface area contributed by atoms with Crippen LogP contribution in [0, 0.1) is 5.92 Å². The van der Waals surface area contributed by atoms with E-state index in [1.54, 1.807) is 6.92 Å². The van der Waals surface area contributed by atoms with Crippen molar-refractivity contribution in [3.63, 3.8) is 0 Å². The van der Waals surface area contributed by atoms with Crippen LogP contribution in [0.4, 0.5) is 5.00 Å². The van der Waals surface area contributed by atoms with Gasteiger partial charge in [0, 0.05) is 18.0 Å². The average Bonchev–Trinajstić information content (AvgIpc) is 3.52. The highest BCUT2D eigenvalue weighted by molar-refractivity contribution is 7.89. The van der Waals surface area contributed by atoms with E-state index in [-0.39, 0.29) is 17.1 Å². The summed E-state index contributed by atoms with van der Waals surface area (Å²) in [6, 6.07) is 5.64. The Labute approximate surface area is 221 Å². The van der Waals surface area contributed by atoms with Gasteiger partial charge in [-0.25, -0.2) is 18.0 Å². The third-order valence-electron chi connectivity index (χ3n) is 6.65. The normalized spacial score (nSPS) is 18.6. The number of sulfonamides is 1. The van der Waals surface area contributed by atoms with Crippen LogP contribution < -0.4 is 5.32 Å². The van der Waals surface area contributed by atoms with Crippen molar-refractivity contribution >= 4 is 44.2 Å². The van der Waals surface area contributed by atoms with Crippen molar-refractivity contribution in [3.8, 4) is 0 Å². The van der Waals surface area contributed by atoms with Crippen molar-refractivity contribution in [1.29, 1.82) is 0 Å². The molecule has 0 radical (unpaired) electrons. The van der Waals surface area contributed by atoms with Gasteiger partial charge in [0.1, 0.15) is 5.00 Å². The first-order valence-electron chi connectivity index (χ1n) is 12.6. The van der Waals surface area contributed by atoms with Gasteiger partial charge >= 0.3 is 11.9 Å². The highest BCUT2D eigenvalue weighted by Crippen LogP contribution is 2.40. The maximum Gasteiger partial charge on any atom is 0.341 e. The number of thiophene rings is 1. The van der Waals surface area contributed by atoms with Crippen LogP contribution in [0.1, 0.15) is 71.2 Å². The van der Waals surface area contributed by atoms with E-state index in [0.717, 1.165) is 42.5 Å². The lowest BCUT2D eigenvalue weighted by molar-refractivity contribution is -0.123. The van der Waals surface area contributed by atoms with Crippen molar-refractivity contribution in [2.75, 3.05) is 25.0 Å². The molecule has 2 aromatic rings. The molecule has 1 aliphatic heterocycles. The summed E-state index contributed by atoms with van der Waals surface area (Å²) in [7, 11) is -3.70. The van der Waals surface area contributed by atoms with E-state index in [9.17, 15) is 22.8 Å². The molecule has 2 atom stereocenters. The van der Waals surface area contributed by atoms with E-state index in [0.29, 0.717) is 29.6 Å². The number of anilines is 1. The smallest absolute Gasteiger partial charge is 0.341 e. The lowest BCUT2D eigenvalue weighted by atomic mass is 9.88. The molecule has 200 valence electrons. The van der Waals surface area contributed by atoms with Gasteiger partial charge in [-0.1, -0.05) is 13.0 Å². The Balaban J connectivity index is 1.48. The number of hydrogen-bond acceptors (Lipinski definition) is 8. The van der Waals surface area contributed by atoms with Gasteiger partial charge in [0.25, 0.3) is 5.91 Å². The Morgan fingerprint density at radius 2 is 1.92 bits per heavy atom. The predicted octanol–water partition coefficient (Wildman–Crippen LogP) is 4.02. The molecule has 1 aliphatic carbocycles. The van der Waals surface area contributed by atoms with Crippen LogP contribution in [0.15, 0.2) is 29.2 Å². The summed E-state index contributed by atoms with van der Waals surface area (Å²) in [4.78, 5) is 39.5. The first kappa shape index (κ1) is 27.3. The van der Waals surface area contributed by atoms with Crippen LogP contribution in [0.2, 0.25) is 0 Å². The number of hydrogen-bond donors (Lipinski definition) is 1. The van der Waals surface area contributed by atoms with Gasteiger partial charge in [0.15, 0.2) is 6.10 Å². The summed E-state index contributed by atoms with van der Waals surface area (Å²) in [6.45, 7) is 6.42. The number of esters is 2. The van der Waals surface area contributed by atoms with E-state index in [2.05, 4.69) is 12.2 Å². The van der Waals surface area contributed by atoms with E-state index in [1.165, 1.54) is 46.8 Å². The monoisotopic (exact) mass is 548 g/mol. The van der Waals surface area contributed by atoms with Crippen LogP contribution >= 0.6 is 11.3 Å². The molecule has 1 aromatic heterocycles. The number of ether oxygens (including phenoxy) is 2. The molecule has 0 saturated carbocycles. The van der Waals surface area contributed by atoms with E-state index in [1.807, 2.05) is 0 Å². The van der Waals surface area contributed by atoms with Gasteiger partial charge in [-0.05, 0) is 75.6 Å². The minimum Gasteiger partial charge on any atom is -0.462 e. The SMILES string of the molecule is CCOC(=O)c1c(NC(=O)C(C)OC(=O)c2cccc(S(=O)(=O)N3CCCC3)c2)sc2c1CCC(C)C2. The van der Waals surface area contributed by atoms with Crippen LogP contribution in [-0.4, -0.2) is 56.4 Å². The van der Waals surface area contributed by atoms with E-state index >= 15 is 0 Å². The second kappa shape index (κ2) is 11.3. The third-order valence-corrected chi connectivity index (χ3v) is 9.72. The summed E-state index contributed by atoms with van der Waals surface area (Å²) in [6.07, 6.45) is 2.93. The molecule has 0 spiro atoms. The molecule has 2 heterocycles. The highest BCUT2D eigenvalue weighted by Gasteiger charge is 2.31. The van der Waals surface area contributed by atoms with Gasteiger partial charge in [0.2, 0.25) is 10.0 Å². The Kier molecular flexibility index (Phi) is 8.35. The van der Waals surface area contributed by atoms with Crippen molar-refractivity contribution in [1.82, 2.24) is 4.31 Å². The quantitative estimate of drug-likeness (QED) is 0.495. The van der Waals surface area contributed by atoms with Crippen LogP contribution in [0.25, 0.3) is 0 Å². The minimum atomic E-state index is -3.70. The zero-order chi connectivity index (χ0) is 26.7. The molecule has 1 fully saturated rings. The minimum absolute atomic E-state index is 0.0124. The molecule has 2 unspecified atom stereocenters. The van der Waals surface area contributed by atoms with Gasteiger partial charge in [-0.3, -0.25) is 4.79 Å². The number of carbonyl (C=O) groups is 3. The second-order valence-corrected chi connectivity index (χ2v) is 12.5. The highest BCUT2D eigenvalue weighted by atomic mass is 32.2. The van der Waals surface area contributed by atoms with E-state index < -0.39 is 34.0 Å². The number of fused-ring (bicyclic) bond motifs is 1. The standard InChI is InChI=1S/C26H32N2O7S2/c1-4-34-26(31)22-20-11-10-16(2)14-21(20)36-24(22)27-23(29)17(3)35-25(30)18-8-7-9-19(15-18)37(32,33)28-12-5-6-13-28/h7-9,15-17H,4-6,10-14H2,1-3H3,(H,27,29). The van der Waals surface area contributed by atoms with Gasteiger partial charge in [-0.15, -0.1) is 11.3 Å². The molecular weight excluding hydrogens is 516 g/mol. The molecule has 4 rings (SSSR count). The first-order valence-corrected chi connectivity index (χ1v) is 14.8. The number of amides is 1. The van der Waals surface area contributed by atoms with E-state index in [4.69, 9.17) is 9.47 Å². The van der Waals surface area contributed by atoms with Crippen molar-refractivity contribution in [2.45, 2.75) is 63.9 Å². The Morgan fingerprint density at radius 1 is 1.19 bits per heavy atom. The lowest BCUT2D eigenvalue weighted by Crippen LogP contribution is -2.30. The fraction of sp³-hybridized carbons (Fsp3) is 0.500. The summed E-state index contributed by atoms with van der Waals surface area (Å²) < 4.78 is 37.7. The number of nitrogens with zero attached hydrogens (tertiary/aromatic N) is 1. The summed E-state index contributed by atoms with van der Waals surface area (Å²) in [5.41, 5.74) is 1.32. The molecule has 2 aliphatic rings. The Hall–Kier alpha value is -2.76. The fourth-order valence-electron chi connectivity index (χ4n) is 4.61. The van der Waals surface area contributed by atoms with Crippen LogP contribution in [0.5, 0.6) is 0 Å². The molecule has 1 saturated heterocycles. The molecule has 0 bridgehead atoms. The molecular formula is C26H32N2O7S2. The fourth-order valence-corrected chi connectivity index (χ4v) is 7.58. The molecule has 11 heteroatoms. The number of benzene rings is 1. The van der Waals surface area contributed by atoms with Gasteiger partial charge in [-0.2, -0.15) is 4.31 Å². The first-order chi connectivity index (χ1) is 17.6. The van der Waals surface area contributed by atoms with Crippen molar-refractivity contribution < 1.29 is 32.3 Å². The summed E-state index contributed by atoms with van der Waals surface area (Å²) in [5.74, 6) is -1.40. The third kappa shape index (κ3) is 5.89. The Bertz CT molecular complexity index is 1300. The zero-order valence-corrected chi connectivity index (χ0v) is 22.9. The number of nitrogens with one attached hydrogen (secondary N) is 1. The molecule has 1 amide bonds. The van der Waals surface area contributed by atoms with Crippen molar-refractivity contribution in [3.05, 3.63) is 45.8 Å². The average molecular weight is 549 g/mol. The van der Waals surface area contributed by atoms with Crippen LogP contribution in [-0.2, 0) is 37.1 Å². The molecule has 37 heavy (non-hydrogen) atoms. The molecule has 1 aromatic carbocycles. The number of carbonyl (C=O) groups excluding carboxylic acids is 3. The maximum atomic E-state index is 13.0. The van der Waals surface area contributed by atoms with Gasteiger partial charge < -0.3 is 14.8 Å². The van der Waals surface area contributed by atoms with Crippen molar-refractivity contribution in [2.24, 2.45) is 5.92 Å². The lowest BCUT2D eigenvalue weighted by Gasteiger charge is -2.18. The zero-order valence-electron chi connectivity index (χ0n) is 21.2. The number of rotatable bonds is 8. The summed E-state index contributed by atoms with van der Waals surface area (Å²) in [5, 5.41) is 3.14. The van der Waals surface area contributed by atoms with Gasteiger partial charge in [0.05, 0.1) is 22.6 Å². The second-order valence-electron chi connectivity index (χ2n) is 9.45. The molecule has 1 N–H and O–H groups in total. The Morgan fingerprint density at radius 3 is 2.62 bits per heavy atom. The summed E-state index contributed by atoms with van der Waals surface area (Å²) >= 11 is 1.35. The maximum absolute atomic E-state index is 13.0. The molecule has 9 nitrogen and oxygen atoms in total. The topological polar surface area (TPSA) is 119 Å². The van der Waals surface area contributed by atoms with Crippen LogP contribution in [0.3, 0.4) is 0 Å². The largest absolute Gasteiger partial charge is 0.462 e.